The van der Waals surface area contributed by atoms with Crippen molar-refractivity contribution in [2.24, 2.45) is 0 Å². The van der Waals surface area contributed by atoms with Crippen LogP contribution in [-0.2, 0) is 33.8 Å². The fourth-order valence-corrected chi connectivity index (χ4v) is 6.10. The lowest BCUT2D eigenvalue weighted by molar-refractivity contribution is -0.263. The molecule has 8 heteroatoms. The predicted octanol–water partition coefficient (Wildman–Crippen LogP) is 6.24. The van der Waals surface area contributed by atoms with Crippen LogP contribution < -0.4 is 10.6 Å². The molecule has 1 saturated heterocycles. The highest BCUT2D eigenvalue weighted by Crippen LogP contribution is 2.47. The van der Waals surface area contributed by atoms with Crippen LogP contribution in [0.15, 0.2) is 122 Å². The first-order chi connectivity index (χ1) is 23.3. The summed E-state index contributed by atoms with van der Waals surface area (Å²) >= 11 is 0. The standard InChI is InChI=1S/C40H45N3O5/c1-4-23-43(3)26-36-37(32-13-9-6-10-14-32)38(33-19-17-31(27-44)18-20-33)48-39(47-36)34-21-15-30(16-22-34)25-41-40(46)42-35(28(2)45)24-29-11-7-5-8-12-29/h4-22,35-39,44H,1,23-27H2,2-3H3,(H2,41,42,46)/t35-,36-,37-,38+,39?/m1/s1. The number of carbonyl (C=O) groups excluding carboxylic acids is 2. The molecule has 3 N–H and O–H groups in total. The van der Waals surface area contributed by atoms with E-state index in [1.807, 2.05) is 103 Å². The minimum Gasteiger partial charge on any atom is -0.392 e. The molecule has 48 heavy (non-hydrogen) atoms. The van der Waals surface area contributed by atoms with Crippen molar-refractivity contribution in [3.05, 3.63) is 155 Å². The van der Waals surface area contributed by atoms with Crippen LogP contribution in [0.5, 0.6) is 0 Å². The molecule has 0 saturated carbocycles. The molecule has 8 nitrogen and oxygen atoms in total. The Kier molecular flexibility index (Phi) is 12.3. The van der Waals surface area contributed by atoms with Gasteiger partial charge in [-0.1, -0.05) is 115 Å². The van der Waals surface area contributed by atoms with Gasteiger partial charge >= 0.3 is 6.03 Å². The molecular formula is C40H45N3O5. The van der Waals surface area contributed by atoms with E-state index in [2.05, 4.69) is 41.3 Å². The number of nitrogens with zero attached hydrogens (tertiary/aromatic N) is 1. The summed E-state index contributed by atoms with van der Waals surface area (Å²) < 4.78 is 13.5. The van der Waals surface area contributed by atoms with E-state index < -0.39 is 18.4 Å². The number of hydrogen-bond donors (Lipinski definition) is 3. The maximum atomic E-state index is 12.7. The first-order valence-electron chi connectivity index (χ1n) is 16.4. The number of ketones is 1. The van der Waals surface area contributed by atoms with Gasteiger partial charge in [0.05, 0.1) is 24.9 Å². The Morgan fingerprint density at radius 2 is 1.46 bits per heavy atom. The smallest absolute Gasteiger partial charge is 0.315 e. The predicted molar refractivity (Wildman–Crippen MR) is 187 cm³/mol. The number of benzene rings is 4. The number of urea groups is 1. The van der Waals surface area contributed by atoms with Crippen molar-refractivity contribution >= 4 is 11.8 Å². The van der Waals surface area contributed by atoms with Gasteiger partial charge in [0.1, 0.15) is 0 Å². The monoisotopic (exact) mass is 647 g/mol. The second-order valence-electron chi connectivity index (χ2n) is 12.3. The third-order valence-corrected chi connectivity index (χ3v) is 8.69. The van der Waals surface area contributed by atoms with E-state index in [4.69, 9.17) is 9.47 Å². The van der Waals surface area contributed by atoms with Gasteiger partial charge in [-0.2, -0.15) is 0 Å². The summed E-state index contributed by atoms with van der Waals surface area (Å²) in [5, 5.41) is 15.3. The van der Waals surface area contributed by atoms with E-state index in [9.17, 15) is 14.7 Å². The molecule has 1 heterocycles. The molecule has 1 aliphatic heterocycles. The molecule has 1 unspecified atom stereocenters. The summed E-state index contributed by atoms with van der Waals surface area (Å²) in [4.78, 5) is 27.1. The van der Waals surface area contributed by atoms with Gasteiger partial charge in [0.25, 0.3) is 0 Å². The highest BCUT2D eigenvalue weighted by molar-refractivity contribution is 5.87. The number of hydrogen-bond acceptors (Lipinski definition) is 6. The van der Waals surface area contributed by atoms with Crippen molar-refractivity contribution in [1.82, 2.24) is 15.5 Å². The molecule has 4 aromatic rings. The van der Waals surface area contributed by atoms with Gasteiger partial charge in [-0.25, -0.2) is 4.79 Å². The summed E-state index contributed by atoms with van der Waals surface area (Å²) in [6.45, 7) is 7.05. The largest absolute Gasteiger partial charge is 0.392 e. The van der Waals surface area contributed by atoms with Crippen molar-refractivity contribution < 1.29 is 24.2 Å². The minimum absolute atomic E-state index is 0.0253. The van der Waals surface area contributed by atoms with Crippen molar-refractivity contribution in [1.29, 1.82) is 0 Å². The fraction of sp³-hybridized carbons (Fsp3) is 0.300. The molecule has 1 aliphatic rings. The van der Waals surface area contributed by atoms with Crippen molar-refractivity contribution in [3.8, 4) is 0 Å². The Labute approximate surface area is 283 Å². The summed E-state index contributed by atoms with van der Waals surface area (Å²) in [6.07, 6.45) is 1.18. The Morgan fingerprint density at radius 3 is 2.08 bits per heavy atom. The first kappa shape index (κ1) is 34.7. The second kappa shape index (κ2) is 17.0. The van der Waals surface area contributed by atoms with Crippen LogP contribution in [0.4, 0.5) is 4.79 Å². The van der Waals surface area contributed by atoms with Gasteiger partial charge in [-0.15, -0.1) is 6.58 Å². The number of nitrogens with one attached hydrogen (secondary N) is 2. The summed E-state index contributed by atoms with van der Waals surface area (Å²) in [6, 6.07) is 34.7. The molecule has 5 atom stereocenters. The Bertz CT molecular complexity index is 1610. The van der Waals surface area contributed by atoms with E-state index in [0.717, 1.165) is 39.9 Å². The molecule has 4 aromatic carbocycles. The number of Topliss-reactive ketones (excluding diaryl/α,β-unsaturated/α-hetero) is 1. The third-order valence-electron chi connectivity index (χ3n) is 8.69. The van der Waals surface area contributed by atoms with Crippen LogP contribution in [0, 0.1) is 0 Å². The molecule has 250 valence electrons. The van der Waals surface area contributed by atoms with Crippen LogP contribution in [-0.4, -0.2) is 54.1 Å². The zero-order chi connectivity index (χ0) is 33.9. The van der Waals surface area contributed by atoms with E-state index in [1.54, 1.807) is 0 Å². The molecule has 0 radical (unpaired) electrons. The quantitative estimate of drug-likeness (QED) is 0.140. The lowest BCUT2D eigenvalue weighted by Crippen LogP contribution is -2.46. The average Bonchev–Trinajstić information content (AvgIpc) is 3.11. The van der Waals surface area contributed by atoms with Gasteiger partial charge in [-0.3, -0.25) is 4.79 Å². The average molecular weight is 648 g/mol. The van der Waals surface area contributed by atoms with Gasteiger partial charge in [-0.05, 0) is 48.2 Å². The minimum atomic E-state index is -0.630. The number of likely N-dealkylation sites (N-methyl/N-ethyl adjacent to an activating group) is 1. The van der Waals surface area contributed by atoms with Crippen LogP contribution in [0.1, 0.15) is 58.6 Å². The maximum Gasteiger partial charge on any atom is 0.315 e. The topological polar surface area (TPSA) is 100 Å². The fourth-order valence-electron chi connectivity index (χ4n) is 6.10. The zero-order valence-corrected chi connectivity index (χ0v) is 27.6. The highest BCUT2D eigenvalue weighted by Gasteiger charge is 2.42. The van der Waals surface area contributed by atoms with Gasteiger partial charge in [0.2, 0.25) is 0 Å². The third kappa shape index (κ3) is 9.27. The number of aliphatic hydroxyl groups excluding tert-OH is 1. The number of aliphatic hydroxyl groups is 1. The molecule has 5 rings (SSSR count). The molecule has 0 bridgehead atoms. The van der Waals surface area contributed by atoms with Crippen molar-refractivity contribution in [3.63, 3.8) is 0 Å². The molecule has 0 aliphatic carbocycles. The molecule has 2 amide bonds. The Morgan fingerprint density at radius 1 is 0.833 bits per heavy atom. The van der Waals surface area contributed by atoms with Gasteiger partial charge in [0.15, 0.2) is 12.1 Å². The lowest BCUT2D eigenvalue weighted by atomic mass is 9.83. The summed E-state index contributed by atoms with van der Waals surface area (Å²) in [5.41, 5.74) is 5.71. The number of carbonyl (C=O) groups is 2. The zero-order valence-electron chi connectivity index (χ0n) is 27.6. The van der Waals surface area contributed by atoms with E-state index in [1.165, 1.54) is 6.92 Å². The lowest BCUT2D eigenvalue weighted by Gasteiger charge is -2.44. The van der Waals surface area contributed by atoms with E-state index >= 15 is 0 Å². The highest BCUT2D eigenvalue weighted by atomic mass is 16.7. The van der Waals surface area contributed by atoms with Crippen molar-refractivity contribution in [2.75, 3.05) is 20.1 Å². The van der Waals surface area contributed by atoms with Crippen molar-refractivity contribution in [2.45, 2.75) is 57.0 Å². The van der Waals surface area contributed by atoms with Gasteiger partial charge in [0, 0.05) is 31.1 Å². The second-order valence-corrected chi connectivity index (χ2v) is 12.3. The number of rotatable bonds is 14. The number of amides is 2. The number of ether oxygens (including phenoxy) is 2. The molecule has 0 spiro atoms. The van der Waals surface area contributed by atoms with Crippen LogP contribution in [0.25, 0.3) is 0 Å². The van der Waals surface area contributed by atoms with Gasteiger partial charge < -0.3 is 30.1 Å². The Balaban J connectivity index is 1.31. The molecule has 0 aromatic heterocycles. The summed E-state index contributed by atoms with van der Waals surface area (Å²) in [5.74, 6) is -0.186. The van der Waals surface area contributed by atoms with Crippen LogP contribution in [0.3, 0.4) is 0 Å². The summed E-state index contributed by atoms with van der Waals surface area (Å²) in [7, 11) is 2.06. The maximum absolute atomic E-state index is 12.7. The van der Waals surface area contributed by atoms with E-state index in [0.29, 0.717) is 19.5 Å². The molecular weight excluding hydrogens is 602 g/mol. The van der Waals surface area contributed by atoms with Crippen LogP contribution in [0.2, 0.25) is 0 Å². The van der Waals surface area contributed by atoms with E-state index in [-0.39, 0.29) is 30.5 Å². The normalized spacial score (nSPS) is 19.8. The first-order valence-corrected chi connectivity index (χ1v) is 16.4. The van der Waals surface area contributed by atoms with Crippen LogP contribution >= 0.6 is 0 Å². The SMILES string of the molecule is C=CCN(C)C[C@H]1OC(c2ccc(CNC(=O)N[C@H](Cc3ccccc3)C(C)=O)cc2)O[C@@H](c2ccc(CO)cc2)[C@@H]1c1ccccc1. The molecule has 1 fully saturated rings. The Hall–Kier alpha value is -4.60.